The summed E-state index contributed by atoms with van der Waals surface area (Å²) in [6.07, 6.45) is 84.3. The molecule has 0 radical (unpaired) electrons. The van der Waals surface area contributed by atoms with Crippen molar-refractivity contribution in [2.24, 2.45) is 0 Å². The van der Waals surface area contributed by atoms with E-state index in [1.807, 2.05) is 18.2 Å². The number of carbonyl (C=O) groups excluding carboxylic acids is 4. The molecule has 102 heavy (non-hydrogen) atoms. The van der Waals surface area contributed by atoms with Crippen LogP contribution < -0.4 is 0 Å². The van der Waals surface area contributed by atoms with Crippen molar-refractivity contribution in [2.75, 3.05) is 39.6 Å². The van der Waals surface area contributed by atoms with Gasteiger partial charge in [0.15, 0.2) is 12.2 Å². The number of esters is 4. The first kappa shape index (κ1) is 96.9. The average Bonchev–Trinajstić information content (AvgIpc) is 0.919. The van der Waals surface area contributed by atoms with Crippen molar-refractivity contribution in [1.82, 2.24) is 0 Å². The van der Waals surface area contributed by atoms with Crippen LogP contribution in [0.4, 0.5) is 0 Å². The molecule has 0 rings (SSSR count). The van der Waals surface area contributed by atoms with E-state index in [9.17, 15) is 43.2 Å². The molecule has 0 aromatic heterocycles. The van der Waals surface area contributed by atoms with E-state index < -0.39 is 97.5 Å². The molecule has 0 aliphatic carbocycles. The van der Waals surface area contributed by atoms with Crippen LogP contribution in [0.3, 0.4) is 0 Å². The van der Waals surface area contributed by atoms with Gasteiger partial charge in [-0.15, -0.1) is 0 Å². The fourth-order valence-corrected chi connectivity index (χ4v) is 11.6. The summed E-state index contributed by atoms with van der Waals surface area (Å²) in [5.41, 5.74) is 0. The zero-order valence-electron chi connectivity index (χ0n) is 63.5. The highest BCUT2D eigenvalue weighted by atomic mass is 31.2. The SMILES string of the molecule is CC/C=C\C/C=C\C/C=C\C/C=C\C/C=C\CC(=O)OCC(COP(=O)(O)OCC(O)COP(=O)(O)OCC(COC(=O)CCCCCCCC/C=C\C/C=C\C/C=C\C/C=C\CC)OC(=O)CCCCCCCCCCCCCCC)OC(=O)CCCCCCC/C=C\C/C=C\C/C=C\CC. The fraction of sp³-hybridized carbons (Fsp3) is 0.663. The third-order valence-electron chi connectivity index (χ3n) is 15.8. The minimum Gasteiger partial charge on any atom is -0.462 e. The average molecular weight is 1470 g/mol. The third kappa shape index (κ3) is 73.3. The summed E-state index contributed by atoms with van der Waals surface area (Å²) in [5.74, 6) is -2.36. The van der Waals surface area contributed by atoms with Gasteiger partial charge in [-0.2, -0.15) is 0 Å². The van der Waals surface area contributed by atoms with Crippen LogP contribution in [0.5, 0.6) is 0 Å². The van der Waals surface area contributed by atoms with Gasteiger partial charge in [0.2, 0.25) is 0 Å². The second-order valence-corrected chi connectivity index (χ2v) is 28.4. The third-order valence-corrected chi connectivity index (χ3v) is 17.7. The molecule has 0 aromatic rings. The van der Waals surface area contributed by atoms with Crippen molar-refractivity contribution in [3.8, 4) is 0 Å². The van der Waals surface area contributed by atoms with E-state index in [0.29, 0.717) is 25.7 Å². The molecule has 5 atom stereocenters. The van der Waals surface area contributed by atoms with Gasteiger partial charge in [0.1, 0.15) is 19.3 Å². The maximum atomic E-state index is 13.1. The first-order chi connectivity index (χ1) is 49.7. The highest BCUT2D eigenvalue weighted by molar-refractivity contribution is 7.47. The Morgan fingerprint density at radius 1 is 0.294 bits per heavy atom. The number of aliphatic hydroxyl groups excluding tert-OH is 1. The van der Waals surface area contributed by atoms with Crippen molar-refractivity contribution in [3.05, 3.63) is 146 Å². The largest absolute Gasteiger partial charge is 0.472 e. The normalized spacial score (nSPS) is 14.7. The van der Waals surface area contributed by atoms with Gasteiger partial charge in [0, 0.05) is 19.3 Å². The van der Waals surface area contributed by atoms with Gasteiger partial charge < -0.3 is 33.8 Å². The number of hydrogen-bond acceptors (Lipinski definition) is 15. The minimum absolute atomic E-state index is 0.0523. The summed E-state index contributed by atoms with van der Waals surface area (Å²) < 4.78 is 68.4. The van der Waals surface area contributed by atoms with Gasteiger partial charge in [-0.1, -0.05) is 296 Å². The predicted molar refractivity (Wildman–Crippen MR) is 417 cm³/mol. The molecule has 3 N–H and O–H groups in total. The van der Waals surface area contributed by atoms with E-state index in [1.54, 1.807) is 6.08 Å². The lowest BCUT2D eigenvalue weighted by Crippen LogP contribution is -2.30. The molecule has 0 bridgehead atoms. The number of rotatable bonds is 72. The van der Waals surface area contributed by atoms with E-state index in [4.69, 9.17) is 37.0 Å². The number of carbonyl (C=O) groups is 4. The van der Waals surface area contributed by atoms with Gasteiger partial charge in [0.25, 0.3) is 0 Å². The van der Waals surface area contributed by atoms with Crippen LogP contribution >= 0.6 is 15.6 Å². The molecule has 0 spiro atoms. The highest BCUT2D eigenvalue weighted by Crippen LogP contribution is 2.45. The highest BCUT2D eigenvalue weighted by Gasteiger charge is 2.30. The lowest BCUT2D eigenvalue weighted by Gasteiger charge is -2.21. The van der Waals surface area contributed by atoms with Gasteiger partial charge in [-0.05, 0) is 122 Å². The minimum atomic E-state index is -5.00. The first-order valence-electron chi connectivity index (χ1n) is 39.1. The number of phosphoric acid groups is 2. The zero-order valence-corrected chi connectivity index (χ0v) is 65.3. The number of phosphoric ester groups is 2. The Kier molecular flexibility index (Phi) is 70.5. The zero-order chi connectivity index (χ0) is 74.6. The van der Waals surface area contributed by atoms with Crippen LogP contribution in [-0.4, -0.2) is 96.7 Å². The molecule has 0 aromatic carbocycles. The number of unbranched alkanes of at least 4 members (excludes halogenated alkanes) is 23. The summed E-state index contributed by atoms with van der Waals surface area (Å²) in [6.45, 7) is 4.39. The Labute approximate surface area is 617 Å². The van der Waals surface area contributed by atoms with Gasteiger partial charge in [-0.3, -0.25) is 37.3 Å². The van der Waals surface area contributed by atoms with E-state index in [2.05, 4.69) is 149 Å². The maximum Gasteiger partial charge on any atom is 0.472 e. The van der Waals surface area contributed by atoms with Crippen LogP contribution in [0.2, 0.25) is 0 Å². The van der Waals surface area contributed by atoms with E-state index in [-0.39, 0.29) is 25.7 Å². The Morgan fingerprint density at radius 3 is 0.873 bits per heavy atom. The Balaban J connectivity index is 5.42. The topological polar surface area (TPSA) is 237 Å². The lowest BCUT2D eigenvalue weighted by molar-refractivity contribution is -0.161. The molecule has 0 fully saturated rings. The quantitative estimate of drug-likeness (QED) is 0.0169. The Hall–Kier alpha value is -5.06. The molecule has 5 unspecified atom stereocenters. The second kappa shape index (κ2) is 74.2. The fourth-order valence-electron chi connectivity index (χ4n) is 10.0. The van der Waals surface area contributed by atoms with Crippen molar-refractivity contribution in [3.63, 3.8) is 0 Å². The molecule has 0 aliphatic heterocycles. The molecule has 582 valence electrons. The van der Waals surface area contributed by atoms with Crippen molar-refractivity contribution in [1.29, 1.82) is 0 Å². The molecule has 0 saturated heterocycles. The van der Waals surface area contributed by atoms with Crippen LogP contribution in [0.15, 0.2) is 146 Å². The summed E-state index contributed by atoms with van der Waals surface area (Å²) in [4.78, 5) is 72.9. The number of allylic oxidation sites excluding steroid dienone is 23. The molecule has 0 amide bonds. The van der Waals surface area contributed by atoms with Crippen LogP contribution in [0.25, 0.3) is 0 Å². The second-order valence-electron chi connectivity index (χ2n) is 25.5. The van der Waals surface area contributed by atoms with Crippen LogP contribution in [0.1, 0.15) is 297 Å². The van der Waals surface area contributed by atoms with E-state index in [1.165, 1.54) is 51.4 Å². The predicted octanol–water partition coefficient (Wildman–Crippen LogP) is 22.7. The van der Waals surface area contributed by atoms with Gasteiger partial charge >= 0.3 is 39.5 Å². The van der Waals surface area contributed by atoms with E-state index >= 15 is 0 Å². The molecule has 19 heteroatoms. The summed E-state index contributed by atoms with van der Waals surface area (Å²) in [6, 6.07) is 0. The molecule has 0 heterocycles. The number of hydrogen-bond donors (Lipinski definition) is 3. The molecular formula is C83H138O17P2. The maximum absolute atomic E-state index is 13.1. The molecule has 0 aliphatic rings. The smallest absolute Gasteiger partial charge is 0.462 e. The van der Waals surface area contributed by atoms with Gasteiger partial charge in [0.05, 0.1) is 32.8 Å². The lowest BCUT2D eigenvalue weighted by atomic mass is 10.0. The van der Waals surface area contributed by atoms with Crippen molar-refractivity contribution in [2.45, 2.75) is 316 Å². The number of ether oxygens (including phenoxy) is 4. The van der Waals surface area contributed by atoms with Crippen molar-refractivity contribution >= 4 is 39.5 Å². The molecule has 0 saturated carbocycles. The van der Waals surface area contributed by atoms with E-state index in [0.717, 1.165) is 167 Å². The monoisotopic (exact) mass is 1470 g/mol. The Morgan fingerprint density at radius 2 is 0.549 bits per heavy atom. The molecular weight excluding hydrogens is 1330 g/mol. The summed E-state index contributed by atoms with van der Waals surface area (Å²) in [5, 5.41) is 10.6. The molecule has 17 nitrogen and oxygen atoms in total. The summed E-state index contributed by atoms with van der Waals surface area (Å²) >= 11 is 0. The van der Waals surface area contributed by atoms with Crippen LogP contribution in [-0.2, 0) is 65.4 Å². The van der Waals surface area contributed by atoms with Crippen molar-refractivity contribution < 1.29 is 80.2 Å². The summed E-state index contributed by atoms with van der Waals surface area (Å²) in [7, 11) is -9.99. The van der Waals surface area contributed by atoms with Gasteiger partial charge in [-0.25, -0.2) is 9.13 Å². The standard InChI is InChI=1S/C83H138O17P2/c1-5-9-13-17-21-25-29-33-36-37-38-39-42-45-48-52-56-60-64-68-81(86)94-73-78(99-82(87)69-65-61-57-53-49-43-32-28-24-20-16-12-8-4)75-97-101(89,90)95-71-77(84)72-96-102(91,92)98-76-79(100-83(88)70-66-62-58-54-50-46-41-35-31-27-23-19-15-11-7-3)74-93-80(85)67-63-59-55-51-47-44-40-34-30-26-22-18-14-10-6-2/h9-11,13-15,21-23,25-27,33-36,38-41,47,51,59,63,77-79,84H,5-8,12,16-20,24,28-32,37,42-46,48-50,52-58,60-62,64-76H2,1-4H3,(H,89,90)(H,91,92)/b13-9-,14-10-,15-11-,25-21-,26-22-,27-23-,36-33-,39-38-,40-34-,41-35-,51-47-,63-59-. The number of aliphatic hydroxyl groups is 1. The Bertz CT molecular complexity index is 2510. The first-order valence-corrected chi connectivity index (χ1v) is 42.1. The van der Waals surface area contributed by atoms with Crippen LogP contribution in [0, 0.1) is 0 Å².